The molecule has 0 radical (unpaired) electrons. The highest BCUT2D eigenvalue weighted by Gasteiger charge is 2.15. The summed E-state index contributed by atoms with van der Waals surface area (Å²) in [7, 11) is 0. The van der Waals surface area contributed by atoms with Gasteiger partial charge in [-0.1, -0.05) is 12.8 Å². The number of amides is 1. The molecule has 0 aromatic heterocycles. The molecule has 1 saturated carbocycles. The third-order valence-corrected chi connectivity index (χ3v) is 3.34. The van der Waals surface area contributed by atoms with E-state index in [4.69, 9.17) is 5.11 Å². The third-order valence-electron chi connectivity index (χ3n) is 3.34. The van der Waals surface area contributed by atoms with Crippen molar-refractivity contribution in [2.75, 3.05) is 6.54 Å². The first kappa shape index (κ1) is 15.0. The Labute approximate surface area is 108 Å². The quantitative estimate of drug-likeness (QED) is 0.611. The molecule has 0 aromatic carbocycles. The highest BCUT2D eigenvalue weighted by atomic mass is 16.4. The van der Waals surface area contributed by atoms with Crippen LogP contribution in [-0.4, -0.2) is 35.6 Å². The molecule has 3 N–H and O–H groups in total. The summed E-state index contributed by atoms with van der Waals surface area (Å²) in [6.45, 7) is 2.28. The molecule has 0 heterocycles. The topological polar surface area (TPSA) is 78.4 Å². The second-order valence-electron chi connectivity index (χ2n) is 5.12. The lowest BCUT2D eigenvalue weighted by molar-refractivity contribution is -0.137. The fourth-order valence-corrected chi connectivity index (χ4v) is 2.32. The molecule has 0 bridgehead atoms. The average Bonchev–Trinajstić information content (AvgIpc) is 2.78. The molecule has 1 rings (SSSR count). The molecule has 0 aliphatic heterocycles. The Morgan fingerprint density at radius 2 is 2.00 bits per heavy atom. The maximum Gasteiger partial charge on any atom is 0.303 e. The van der Waals surface area contributed by atoms with E-state index in [2.05, 4.69) is 10.6 Å². The monoisotopic (exact) mass is 256 g/mol. The number of hydrogen-bond acceptors (Lipinski definition) is 3. The van der Waals surface area contributed by atoms with Crippen LogP contribution in [0.25, 0.3) is 0 Å². The van der Waals surface area contributed by atoms with Crippen molar-refractivity contribution < 1.29 is 14.7 Å². The fourth-order valence-electron chi connectivity index (χ4n) is 2.32. The first-order chi connectivity index (χ1) is 8.58. The van der Waals surface area contributed by atoms with Crippen molar-refractivity contribution in [3.8, 4) is 0 Å². The minimum Gasteiger partial charge on any atom is -0.481 e. The molecule has 1 atom stereocenters. The van der Waals surface area contributed by atoms with E-state index in [1.54, 1.807) is 0 Å². The van der Waals surface area contributed by atoms with Crippen LogP contribution < -0.4 is 10.6 Å². The Morgan fingerprint density at radius 1 is 1.33 bits per heavy atom. The summed E-state index contributed by atoms with van der Waals surface area (Å²) in [5.41, 5.74) is 0. The van der Waals surface area contributed by atoms with Gasteiger partial charge < -0.3 is 15.7 Å². The van der Waals surface area contributed by atoms with Crippen molar-refractivity contribution in [2.24, 2.45) is 0 Å². The first-order valence-electron chi connectivity index (χ1n) is 6.82. The molecule has 1 aliphatic rings. The highest BCUT2D eigenvalue weighted by molar-refractivity contribution is 5.78. The van der Waals surface area contributed by atoms with Crippen LogP contribution >= 0.6 is 0 Å². The molecular weight excluding hydrogens is 232 g/mol. The van der Waals surface area contributed by atoms with Gasteiger partial charge in [0.1, 0.15) is 0 Å². The van der Waals surface area contributed by atoms with E-state index in [0.29, 0.717) is 25.4 Å². The van der Waals surface area contributed by atoms with E-state index in [9.17, 15) is 9.59 Å². The number of hydrogen-bond donors (Lipinski definition) is 3. The Balaban J connectivity index is 2.05. The zero-order valence-corrected chi connectivity index (χ0v) is 11.1. The molecule has 5 heteroatoms. The van der Waals surface area contributed by atoms with Gasteiger partial charge >= 0.3 is 5.97 Å². The van der Waals surface area contributed by atoms with Crippen LogP contribution in [0.2, 0.25) is 0 Å². The Kier molecular flexibility index (Phi) is 6.72. The van der Waals surface area contributed by atoms with Crippen molar-refractivity contribution in [1.82, 2.24) is 10.6 Å². The number of nitrogens with one attached hydrogen (secondary N) is 2. The summed E-state index contributed by atoms with van der Waals surface area (Å²) < 4.78 is 0. The molecule has 18 heavy (non-hydrogen) atoms. The van der Waals surface area contributed by atoms with E-state index >= 15 is 0 Å². The predicted molar refractivity (Wildman–Crippen MR) is 69.4 cm³/mol. The number of aliphatic carboxylic acids is 1. The van der Waals surface area contributed by atoms with Gasteiger partial charge in [-0.3, -0.25) is 9.59 Å². The van der Waals surface area contributed by atoms with Crippen molar-refractivity contribution in [3.63, 3.8) is 0 Å². The van der Waals surface area contributed by atoms with Crippen LogP contribution in [0.4, 0.5) is 0 Å². The number of carbonyl (C=O) groups is 2. The van der Waals surface area contributed by atoms with E-state index < -0.39 is 5.97 Å². The minimum absolute atomic E-state index is 0.00437. The molecular formula is C13H24N2O3. The summed E-state index contributed by atoms with van der Waals surface area (Å²) in [6, 6.07) is 0.542. The van der Waals surface area contributed by atoms with Gasteiger partial charge in [0, 0.05) is 18.5 Å². The van der Waals surface area contributed by atoms with E-state index in [-0.39, 0.29) is 18.4 Å². The Morgan fingerprint density at radius 3 is 2.61 bits per heavy atom. The SMILES string of the molecule is CC(CCCC(=O)O)NC(=O)CNC1CCCC1. The van der Waals surface area contributed by atoms with E-state index in [1.165, 1.54) is 25.7 Å². The average molecular weight is 256 g/mol. The number of carbonyl (C=O) groups excluding carboxylic acids is 1. The van der Waals surface area contributed by atoms with E-state index in [1.807, 2.05) is 6.92 Å². The lowest BCUT2D eigenvalue weighted by Gasteiger charge is -2.15. The smallest absolute Gasteiger partial charge is 0.303 e. The zero-order chi connectivity index (χ0) is 13.4. The first-order valence-corrected chi connectivity index (χ1v) is 6.82. The van der Waals surface area contributed by atoms with Gasteiger partial charge in [-0.25, -0.2) is 0 Å². The van der Waals surface area contributed by atoms with Gasteiger partial charge in [-0.2, -0.15) is 0 Å². The second kappa shape index (κ2) is 8.08. The molecule has 1 unspecified atom stereocenters. The van der Waals surface area contributed by atoms with Crippen LogP contribution in [0.3, 0.4) is 0 Å². The van der Waals surface area contributed by atoms with Gasteiger partial charge in [-0.15, -0.1) is 0 Å². The zero-order valence-electron chi connectivity index (χ0n) is 11.1. The number of carboxylic acid groups (broad SMARTS) is 1. The number of carboxylic acids is 1. The van der Waals surface area contributed by atoms with Gasteiger partial charge in [0.15, 0.2) is 0 Å². The Hall–Kier alpha value is -1.10. The van der Waals surface area contributed by atoms with Gasteiger partial charge in [0.2, 0.25) is 5.91 Å². The summed E-state index contributed by atoms with van der Waals surface area (Å²) >= 11 is 0. The molecule has 1 aliphatic carbocycles. The molecule has 5 nitrogen and oxygen atoms in total. The predicted octanol–water partition coefficient (Wildman–Crippen LogP) is 1.28. The fraction of sp³-hybridized carbons (Fsp3) is 0.846. The number of rotatable bonds is 8. The summed E-state index contributed by atoms with van der Waals surface area (Å²) in [6.07, 6.45) is 6.33. The normalized spacial score (nSPS) is 17.6. The van der Waals surface area contributed by atoms with Crippen LogP contribution in [0.1, 0.15) is 51.9 Å². The molecule has 1 amide bonds. The lowest BCUT2D eigenvalue weighted by Crippen LogP contribution is -2.41. The van der Waals surface area contributed by atoms with Crippen molar-refractivity contribution >= 4 is 11.9 Å². The van der Waals surface area contributed by atoms with Crippen molar-refractivity contribution in [2.45, 2.75) is 64.0 Å². The van der Waals surface area contributed by atoms with Gasteiger partial charge in [0.05, 0.1) is 6.54 Å². The highest BCUT2D eigenvalue weighted by Crippen LogP contribution is 2.17. The molecule has 0 aromatic rings. The van der Waals surface area contributed by atoms with Gasteiger partial charge in [0.25, 0.3) is 0 Å². The van der Waals surface area contributed by atoms with Crippen molar-refractivity contribution in [3.05, 3.63) is 0 Å². The summed E-state index contributed by atoms with van der Waals surface area (Å²) in [5.74, 6) is -0.777. The second-order valence-corrected chi connectivity index (χ2v) is 5.12. The molecule has 1 fully saturated rings. The standard InChI is InChI=1S/C13H24N2O3/c1-10(5-4-8-13(17)18)15-12(16)9-14-11-6-2-3-7-11/h10-11,14H,2-9H2,1H3,(H,15,16)(H,17,18). The van der Waals surface area contributed by atoms with Crippen LogP contribution in [0.15, 0.2) is 0 Å². The van der Waals surface area contributed by atoms with Gasteiger partial charge in [-0.05, 0) is 32.6 Å². The Bertz CT molecular complexity index is 275. The van der Waals surface area contributed by atoms with Crippen LogP contribution in [-0.2, 0) is 9.59 Å². The minimum atomic E-state index is -0.781. The maximum atomic E-state index is 11.6. The summed E-state index contributed by atoms with van der Waals surface area (Å²) in [5, 5.41) is 14.7. The lowest BCUT2D eigenvalue weighted by atomic mass is 10.1. The molecule has 0 saturated heterocycles. The molecule has 0 spiro atoms. The van der Waals surface area contributed by atoms with E-state index in [0.717, 1.165) is 0 Å². The largest absolute Gasteiger partial charge is 0.481 e. The summed E-state index contributed by atoms with van der Waals surface area (Å²) in [4.78, 5) is 22.0. The maximum absolute atomic E-state index is 11.6. The van der Waals surface area contributed by atoms with Crippen molar-refractivity contribution in [1.29, 1.82) is 0 Å². The third kappa shape index (κ3) is 6.59. The van der Waals surface area contributed by atoms with Crippen LogP contribution in [0.5, 0.6) is 0 Å². The molecule has 104 valence electrons. The van der Waals surface area contributed by atoms with Crippen LogP contribution in [0, 0.1) is 0 Å².